The summed E-state index contributed by atoms with van der Waals surface area (Å²) in [5, 5.41) is 11.1. The van der Waals surface area contributed by atoms with E-state index in [0.29, 0.717) is 25.9 Å². The third-order valence-electron chi connectivity index (χ3n) is 2.77. The first-order valence-electron chi connectivity index (χ1n) is 5.25. The molecule has 1 rings (SSSR count). The monoisotopic (exact) mass is 228 g/mol. The van der Waals surface area contributed by atoms with Gasteiger partial charge in [0.15, 0.2) is 0 Å². The van der Waals surface area contributed by atoms with Gasteiger partial charge in [0, 0.05) is 26.1 Å². The molecule has 1 heterocycles. The molecule has 6 heteroatoms. The molecular weight excluding hydrogens is 212 g/mol. The van der Waals surface area contributed by atoms with E-state index in [0.717, 1.165) is 0 Å². The summed E-state index contributed by atoms with van der Waals surface area (Å²) >= 11 is 0. The van der Waals surface area contributed by atoms with Crippen molar-refractivity contribution in [3.8, 4) is 0 Å². The topological polar surface area (TPSA) is 86.7 Å². The number of carbonyl (C=O) groups excluding carboxylic acids is 2. The predicted molar refractivity (Wildman–Crippen MR) is 55.6 cm³/mol. The van der Waals surface area contributed by atoms with Crippen molar-refractivity contribution in [2.75, 3.05) is 20.1 Å². The lowest BCUT2D eigenvalue weighted by Crippen LogP contribution is -2.42. The Balaban J connectivity index is 2.40. The molecule has 0 saturated carbocycles. The fourth-order valence-corrected chi connectivity index (χ4v) is 1.84. The summed E-state index contributed by atoms with van der Waals surface area (Å²) < 4.78 is 0. The van der Waals surface area contributed by atoms with Crippen LogP contribution in [0, 0.1) is 5.92 Å². The minimum atomic E-state index is -1.11. The minimum absolute atomic E-state index is 0.00895. The Morgan fingerprint density at radius 2 is 1.88 bits per heavy atom. The van der Waals surface area contributed by atoms with Crippen molar-refractivity contribution in [2.24, 2.45) is 5.92 Å². The van der Waals surface area contributed by atoms with Crippen LogP contribution in [-0.4, -0.2) is 47.9 Å². The number of piperidine rings is 1. The van der Waals surface area contributed by atoms with E-state index in [1.807, 2.05) is 0 Å². The molecule has 0 unspecified atom stereocenters. The van der Waals surface area contributed by atoms with Crippen LogP contribution in [0.25, 0.3) is 0 Å². The first-order chi connectivity index (χ1) is 7.54. The number of carbonyl (C=O) groups is 3. The maximum Gasteiger partial charge on any atom is 0.312 e. The molecule has 0 radical (unpaired) electrons. The Morgan fingerprint density at radius 3 is 2.31 bits per heavy atom. The molecule has 0 aromatic rings. The second-order valence-electron chi connectivity index (χ2n) is 3.84. The number of likely N-dealkylation sites (tertiary alicyclic amines) is 1. The molecule has 0 atom stereocenters. The fraction of sp³-hybridized carbons (Fsp3) is 0.700. The lowest BCUT2D eigenvalue weighted by Gasteiger charge is -2.30. The smallest absolute Gasteiger partial charge is 0.312 e. The van der Waals surface area contributed by atoms with Crippen LogP contribution in [0.5, 0.6) is 0 Å². The van der Waals surface area contributed by atoms with E-state index < -0.39 is 12.4 Å². The van der Waals surface area contributed by atoms with Crippen molar-refractivity contribution in [3.63, 3.8) is 0 Å². The van der Waals surface area contributed by atoms with Crippen molar-refractivity contribution in [1.82, 2.24) is 10.2 Å². The van der Waals surface area contributed by atoms with Crippen molar-refractivity contribution >= 4 is 17.8 Å². The molecule has 0 spiro atoms. The Labute approximate surface area is 93.6 Å². The highest BCUT2D eigenvalue weighted by molar-refractivity contribution is 5.93. The second-order valence-corrected chi connectivity index (χ2v) is 3.84. The summed E-state index contributed by atoms with van der Waals surface area (Å²) in [6.07, 6.45) is 0.737. The summed E-state index contributed by atoms with van der Waals surface area (Å²) in [6, 6.07) is 0. The van der Waals surface area contributed by atoms with Gasteiger partial charge < -0.3 is 15.3 Å². The maximum absolute atomic E-state index is 11.4. The first kappa shape index (κ1) is 12.5. The number of hydrogen-bond acceptors (Lipinski definition) is 3. The van der Waals surface area contributed by atoms with Crippen molar-refractivity contribution in [1.29, 1.82) is 0 Å². The lowest BCUT2D eigenvalue weighted by molar-refractivity contribution is -0.145. The number of nitrogens with one attached hydrogen (secondary N) is 1. The SMILES string of the molecule is CNC(=O)C1CCN(C(=O)CC(=O)O)CC1. The number of amides is 2. The van der Waals surface area contributed by atoms with Crippen LogP contribution in [-0.2, 0) is 14.4 Å². The number of carboxylic acid groups (broad SMARTS) is 1. The number of carboxylic acids is 1. The fourth-order valence-electron chi connectivity index (χ4n) is 1.84. The standard InChI is InChI=1S/C10H16N2O4/c1-11-10(16)7-2-4-12(5-3-7)8(13)6-9(14)15/h7H,2-6H2,1H3,(H,11,16)(H,14,15). The van der Waals surface area contributed by atoms with E-state index in [1.165, 1.54) is 4.90 Å². The summed E-state index contributed by atoms with van der Waals surface area (Å²) in [5.74, 6) is -1.55. The van der Waals surface area contributed by atoms with Crippen LogP contribution in [0.1, 0.15) is 19.3 Å². The summed E-state index contributed by atoms with van der Waals surface area (Å²) in [4.78, 5) is 34.6. The first-order valence-corrected chi connectivity index (χ1v) is 5.25. The molecule has 1 aliphatic heterocycles. The number of hydrogen-bond donors (Lipinski definition) is 2. The van der Waals surface area contributed by atoms with E-state index in [1.54, 1.807) is 7.05 Å². The zero-order chi connectivity index (χ0) is 12.1. The molecule has 90 valence electrons. The predicted octanol–water partition coefficient (Wildman–Crippen LogP) is -0.554. The molecule has 0 bridgehead atoms. The van der Waals surface area contributed by atoms with E-state index >= 15 is 0 Å². The molecule has 1 fully saturated rings. The molecule has 16 heavy (non-hydrogen) atoms. The van der Waals surface area contributed by atoms with Crippen molar-refractivity contribution in [3.05, 3.63) is 0 Å². The summed E-state index contributed by atoms with van der Waals surface area (Å²) in [5.41, 5.74) is 0. The van der Waals surface area contributed by atoms with Crippen molar-refractivity contribution in [2.45, 2.75) is 19.3 Å². The normalized spacial score (nSPS) is 16.9. The zero-order valence-corrected chi connectivity index (χ0v) is 9.23. The van der Waals surface area contributed by atoms with E-state index in [-0.39, 0.29) is 17.7 Å². The molecule has 1 aliphatic rings. The third-order valence-corrected chi connectivity index (χ3v) is 2.77. The van der Waals surface area contributed by atoms with Gasteiger partial charge in [0.2, 0.25) is 11.8 Å². The molecule has 2 amide bonds. The Hall–Kier alpha value is -1.59. The van der Waals surface area contributed by atoms with Crippen LogP contribution >= 0.6 is 0 Å². The summed E-state index contributed by atoms with van der Waals surface area (Å²) in [7, 11) is 1.59. The number of aliphatic carboxylic acids is 1. The Kier molecular flexibility index (Phi) is 4.28. The third kappa shape index (κ3) is 3.22. The minimum Gasteiger partial charge on any atom is -0.481 e. The van der Waals surface area contributed by atoms with Crippen LogP contribution in [0.15, 0.2) is 0 Å². The van der Waals surface area contributed by atoms with Crippen LogP contribution in [0.3, 0.4) is 0 Å². The number of rotatable bonds is 3. The van der Waals surface area contributed by atoms with E-state index in [9.17, 15) is 14.4 Å². The second kappa shape index (κ2) is 5.48. The molecule has 0 aromatic heterocycles. The van der Waals surface area contributed by atoms with Gasteiger partial charge in [0.25, 0.3) is 0 Å². The largest absolute Gasteiger partial charge is 0.481 e. The number of nitrogens with zero attached hydrogens (tertiary/aromatic N) is 1. The highest BCUT2D eigenvalue weighted by Crippen LogP contribution is 2.17. The molecule has 2 N–H and O–H groups in total. The van der Waals surface area contributed by atoms with Gasteiger partial charge in [-0.3, -0.25) is 14.4 Å². The Bertz CT molecular complexity index is 295. The lowest BCUT2D eigenvalue weighted by atomic mass is 9.96. The van der Waals surface area contributed by atoms with Gasteiger partial charge in [-0.25, -0.2) is 0 Å². The van der Waals surface area contributed by atoms with Gasteiger partial charge in [0.1, 0.15) is 6.42 Å². The average molecular weight is 228 g/mol. The molecule has 0 aliphatic carbocycles. The maximum atomic E-state index is 11.4. The van der Waals surface area contributed by atoms with Gasteiger partial charge >= 0.3 is 5.97 Å². The quantitative estimate of drug-likeness (QED) is 0.634. The highest BCUT2D eigenvalue weighted by atomic mass is 16.4. The van der Waals surface area contributed by atoms with Gasteiger partial charge in [-0.2, -0.15) is 0 Å². The van der Waals surface area contributed by atoms with Crippen LogP contribution in [0.2, 0.25) is 0 Å². The molecular formula is C10H16N2O4. The van der Waals surface area contributed by atoms with E-state index in [4.69, 9.17) is 5.11 Å². The van der Waals surface area contributed by atoms with Gasteiger partial charge in [-0.1, -0.05) is 0 Å². The van der Waals surface area contributed by atoms with Gasteiger partial charge in [0.05, 0.1) is 0 Å². The average Bonchev–Trinajstić information content (AvgIpc) is 2.27. The van der Waals surface area contributed by atoms with Crippen LogP contribution in [0.4, 0.5) is 0 Å². The molecule has 6 nitrogen and oxygen atoms in total. The highest BCUT2D eigenvalue weighted by Gasteiger charge is 2.27. The summed E-state index contributed by atoms with van der Waals surface area (Å²) in [6.45, 7) is 0.925. The zero-order valence-electron chi connectivity index (χ0n) is 9.23. The van der Waals surface area contributed by atoms with Crippen LogP contribution < -0.4 is 5.32 Å². The van der Waals surface area contributed by atoms with E-state index in [2.05, 4.69) is 5.32 Å². The molecule has 0 aromatic carbocycles. The molecule has 1 saturated heterocycles. The Morgan fingerprint density at radius 1 is 1.31 bits per heavy atom. The van der Waals surface area contributed by atoms with Crippen molar-refractivity contribution < 1.29 is 19.5 Å². The van der Waals surface area contributed by atoms with Gasteiger partial charge in [-0.15, -0.1) is 0 Å². The van der Waals surface area contributed by atoms with Gasteiger partial charge in [-0.05, 0) is 12.8 Å².